The number of thioether (sulfide) groups is 1. The lowest BCUT2D eigenvalue weighted by molar-refractivity contribution is -0.115. The fraction of sp³-hybridized carbons (Fsp3) is 0.300. The summed E-state index contributed by atoms with van der Waals surface area (Å²) >= 11 is 1.59. The molecule has 0 aliphatic rings. The molecule has 0 aliphatic carbocycles. The molecular weight excluding hydrogens is 334 g/mol. The minimum Gasteiger partial charge on any atom is -0.462 e. The molecular formula is C20H23NO3S. The van der Waals surface area contributed by atoms with Crippen molar-refractivity contribution in [3.63, 3.8) is 0 Å². The van der Waals surface area contributed by atoms with E-state index in [2.05, 4.69) is 17.4 Å². The van der Waals surface area contributed by atoms with Gasteiger partial charge in [0.05, 0.1) is 17.4 Å². The lowest BCUT2D eigenvalue weighted by Gasteiger charge is -2.14. The largest absolute Gasteiger partial charge is 0.462 e. The van der Waals surface area contributed by atoms with E-state index in [0.29, 0.717) is 17.9 Å². The molecule has 132 valence electrons. The van der Waals surface area contributed by atoms with Crippen LogP contribution in [-0.4, -0.2) is 23.7 Å². The van der Waals surface area contributed by atoms with Gasteiger partial charge in [0.15, 0.2) is 0 Å². The number of hydrogen-bond donors (Lipinski definition) is 1. The summed E-state index contributed by atoms with van der Waals surface area (Å²) in [6.07, 6.45) is 0. The lowest BCUT2D eigenvalue weighted by atomic mass is 10.1. The maximum absolute atomic E-state index is 12.4. The molecule has 0 spiro atoms. The molecule has 1 amide bonds. The number of anilines is 1. The topological polar surface area (TPSA) is 55.4 Å². The molecule has 2 rings (SSSR count). The zero-order valence-electron chi connectivity index (χ0n) is 14.7. The van der Waals surface area contributed by atoms with E-state index in [4.69, 9.17) is 4.74 Å². The summed E-state index contributed by atoms with van der Waals surface area (Å²) in [5.74, 6) is 0.388. The smallest absolute Gasteiger partial charge is 0.338 e. The Bertz CT molecular complexity index is 731. The van der Waals surface area contributed by atoms with Crippen LogP contribution in [0.2, 0.25) is 0 Å². The number of amides is 1. The van der Waals surface area contributed by atoms with Crippen molar-refractivity contribution in [1.29, 1.82) is 0 Å². The molecule has 0 aromatic heterocycles. The number of aryl methyl sites for hydroxylation is 1. The summed E-state index contributed by atoms with van der Waals surface area (Å²) in [5.41, 5.74) is 3.23. The van der Waals surface area contributed by atoms with Gasteiger partial charge in [0, 0.05) is 11.4 Å². The Kier molecular flexibility index (Phi) is 7.07. The highest BCUT2D eigenvalue weighted by atomic mass is 32.2. The summed E-state index contributed by atoms with van der Waals surface area (Å²) in [6.45, 7) is 5.87. The van der Waals surface area contributed by atoms with Gasteiger partial charge in [-0.2, -0.15) is 0 Å². The average Bonchev–Trinajstić information content (AvgIpc) is 2.62. The van der Waals surface area contributed by atoms with Crippen LogP contribution >= 0.6 is 11.8 Å². The standard InChI is InChI=1S/C20H23NO3S/c1-4-24-20(23)17-10-11-18(14(2)12-17)21-19(22)15(3)25-13-16-8-6-5-7-9-16/h5-12,15H,4,13H2,1-3H3,(H,21,22)/t15-/m0/s1. The summed E-state index contributed by atoms with van der Waals surface area (Å²) < 4.78 is 4.99. The molecule has 0 aliphatic heterocycles. The van der Waals surface area contributed by atoms with Crippen molar-refractivity contribution in [3.8, 4) is 0 Å². The molecule has 0 saturated carbocycles. The molecule has 1 N–H and O–H groups in total. The molecule has 0 saturated heterocycles. The van der Waals surface area contributed by atoms with Gasteiger partial charge < -0.3 is 10.1 Å². The number of nitrogens with one attached hydrogen (secondary N) is 1. The van der Waals surface area contributed by atoms with Crippen LogP contribution in [-0.2, 0) is 15.3 Å². The van der Waals surface area contributed by atoms with Crippen LogP contribution in [0.1, 0.15) is 35.3 Å². The van der Waals surface area contributed by atoms with E-state index in [1.165, 1.54) is 5.56 Å². The SMILES string of the molecule is CCOC(=O)c1ccc(NC(=O)[C@H](C)SCc2ccccc2)c(C)c1. The van der Waals surface area contributed by atoms with E-state index >= 15 is 0 Å². The molecule has 25 heavy (non-hydrogen) atoms. The Labute approximate surface area is 153 Å². The fourth-order valence-electron chi connectivity index (χ4n) is 2.25. The van der Waals surface area contributed by atoms with Crippen LogP contribution in [0, 0.1) is 6.92 Å². The van der Waals surface area contributed by atoms with Crippen molar-refractivity contribution in [2.45, 2.75) is 31.8 Å². The van der Waals surface area contributed by atoms with Crippen LogP contribution < -0.4 is 5.32 Å². The molecule has 0 fully saturated rings. The molecule has 2 aromatic carbocycles. The summed E-state index contributed by atoms with van der Waals surface area (Å²) in [4.78, 5) is 24.1. The first-order chi connectivity index (χ1) is 12.0. The summed E-state index contributed by atoms with van der Waals surface area (Å²) in [7, 11) is 0. The quantitative estimate of drug-likeness (QED) is 0.745. The molecule has 0 unspecified atom stereocenters. The Morgan fingerprint density at radius 2 is 1.88 bits per heavy atom. The summed E-state index contributed by atoms with van der Waals surface area (Å²) in [5, 5.41) is 2.76. The van der Waals surface area contributed by atoms with Crippen LogP contribution in [0.4, 0.5) is 5.69 Å². The highest BCUT2D eigenvalue weighted by Gasteiger charge is 2.15. The van der Waals surface area contributed by atoms with Crippen LogP contribution in [0.15, 0.2) is 48.5 Å². The first kappa shape index (κ1) is 19.1. The van der Waals surface area contributed by atoms with Crippen molar-refractivity contribution >= 4 is 29.3 Å². The van der Waals surface area contributed by atoms with Crippen LogP contribution in [0.5, 0.6) is 0 Å². The predicted octanol–water partition coefficient (Wildman–Crippen LogP) is 4.43. The predicted molar refractivity (Wildman–Crippen MR) is 103 cm³/mol. The Hall–Kier alpha value is -2.27. The van der Waals surface area contributed by atoms with Gasteiger partial charge in [0.2, 0.25) is 5.91 Å². The molecule has 0 bridgehead atoms. The van der Waals surface area contributed by atoms with Crippen molar-refractivity contribution in [3.05, 3.63) is 65.2 Å². The molecule has 1 atom stereocenters. The zero-order chi connectivity index (χ0) is 18.2. The molecule has 5 heteroatoms. The Morgan fingerprint density at radius 1 is 1.16 bits per heavy atom. The van der Waals surface area contributed by atoms with Crippen molar-refractivity contribution < 1.29 is 14.3 Å². The average molecular weight is 357 g/mol. The van der Waals surface area contributed by atoms with E-state index in [9.17, 15) is 9.59 Å². The van der Waals surface area contributed by atoms with E-state index in [0.717, 1.165) is 11.3 Å². The first-order valence-electron chi connectivity index (χ1n) is 8.25. The van der Waals surface area contributed by atoms with Gasteiger partial charge in [-0.05, 0) is 50.1 Å². The highest BCUT2D eigenvalue weighted by molar-refractivity contribution is 7.99. The Balaban J connectivity index is 1.94. The van der Waals surface area contributed by atoms with Gasteiger partial charge in [0.1, 0.15) is 0 Å². The fourth-order valence-corrected chi connectivity index (χ4v) is 3.10. The number of ether oxygens (including phenoxy) is 1. The normalized spacial score (nSPS) is 11.6. The van der Waals surface area contributed by atoms with Gasteiger partial charge in [-0.15, -0.1) is 11.8 Å². The van der Waals surface area contributed by atoms with Gasteiger partial charge in [-0.3, -0.25) is 4.79 Å². The minimum atomic E-state index is -0.352. The maximum Gasteiger partial charge on any atom is 0.338 e. The van der Waals surface area contributed by atoms with Crippen molar-refractivity contribution in [2.75, 3.05) is 11.9 Å². The number of carbonyl (C=O) groups is 2. The first-order valence-corrected chi connectivity index (χ1v) is 9.30. The lowest BCUT2D eigenvalue weighted by Crippen LogP contribution is -2.23. The van der Waals surface area contributed by atoms with Crippen molar-refractivity contribution in [2.24, 2.45) is 0 Å². The number of benzene rings is 2. The number of hydrogen-bond acceptors (Lipinski definition) is 4. The third-order valence-corrected chi connectivity index (χ3v) is 4.92. The number of carbonyl (C=O) groups excluding carboxylic acids is 2. The van der Waals surface area contributed by atoms with Gasteiger partial charge in [-0.25, -0.2) is 4.79 Å². The minimum absolute atomic E-state index is 0.0482. The monoisotopic (exact) mass is 357 g/mol. The zero-order valence-corrected chi connectivity index (χ0v) is 15.6. The van der Waals surface area contributed by atoms with Crippen molar-refractivity contribution in [1.82, 2.24) is 0 Å². The summed E-state index contributed by atoms with van der Waals surface area (Å²) in [6, 6.07) is 15.2. The molecule has 4 nitrogen and oxygen atoms in total. The number of esters is 1. The van der Waals surface area contributed by atoms with E-state index in [1.54, 1.807) is 36.9 Å². The molecule has 0 radical (unpaired) electrons. The van der Waals surface area contributed by atoms with E-state index in [-0.39, 0.29) is 17.1 Å². The van der Waals surface area contributed by atoms with Crippen LogP contribution in [0.3, 0.4) is 0 Å². The third-order valence-electron chi connectivity index (χ3n) is 3.71. The van der Waals surface area contributed by atoms with Gasteiger partial charge >= 0.3 is 5.97 Å². The maximum atomic E-state index is 12.4. The van der Waals surface area contributed by atoms with Gasteiger partial charge in [0.25, 0.3) is 0 Å². The van der Waals surface area contributed by atoms with E-state index in [1.807, 2.05) is 32.0 Å². The molecule has 0 heterocycles. The number of rotatable bonds is 7. The highest BCUT2D eigenvalue weighted by Crippen LogP contribution is 2.21. The second kappa shape index (κ2) is 9.28. The second-order valence-corrected chi connectivity index (χ2v) is 7.01. The third kappa shape index (κ3) is 5.64. The second-order valence-electron chi connectivity index (χ2n) is 5.68. The van der Waals surface area contributed by atoms with Gasteiger partial charge in [-0.1, -0.05) is 30.3 Å². The van der Waals surface area contributed by atoms with Crippen LogP contribution in [0.25, 0.3) is 0 Å². The Morgan fingerprint density at radius 3 is 2.52 bits per heavy atom. The molecule has 2 aromatic rings. The van der Waals surface area contributed by atoms with E-state index < -0.39 is 0 Å².